The van der Waals surface area contributed by atoms with Crippen molar-refractivity contribution in [1.82, 2.24) is 10.2 Å². The van der Waals surface area contributed by atoms with Crippen LogP contribution in [0, 0.1) is 0 Å². The summed E-state index contributed by atoms with van der Waals surface area (Å²) in [6, 6.07) is 15.9. The summed E-state index contributed by atoms with van der Waals surface area (Å²) in [5.74, 6) is 1.04. The van der Waals surface area contributed by atoms with Gasteiger partial charge in [0.2, 0.25) is 5.91 Å². The Morgan fingerprint density at radius 2 is 1.86 bits per heavy atom. The number of thiocarbonyl (C=S) groups is 1. The Labute approximate surface area is 171 Å². The van der Waals surface area contributed by atoms with Crippen LogP contribution in [0.3, 0.4) is 0 Å². The van der Waals surface area contributed by atoms with Crippen molar-refractivity contribution in [3.05, 3.63) is 72.3 Å². The van der Waals surface area contributed by atoms with Crippen LogP contribution in [0.1, 0.15) is 24.0 Å². The standard InChI is InChI=1S/C22H25N3O2S/c1-2-14-27-20-11-9-19(10-12-20)24-22(28)23-15-17-5-7-18(8-6-17)16-25-13-3-4-21(25)26/h2,5-12H,1,3-4,13-16H2,(H2,23,24,28). The molecule has 6 heteroatoms. The van der Waals surface area contributed by atoms with E-state index >= 15 is 0 Å². The molecule has 2 aromatic rings. The Balaban J connectivity index is 1.43. The maximum absolute atomic E-state index is 11.7. The maximum Gasteiger partial charge on any atom is 0.222 e. The lowest BCUT2D eigenvalue weighted by atomic mass is 10.1. The van der Waals surface area contributed by atoms with E-state index in [9.17, 15) is 4.79 Å². The summed E-state index contributed by atoms with van der Waals surface area (Å²) >= 11 is 5.36. The lowest BCUT2D eigenvalue weighted by molar-refractivity contribution is -0.128. The molecule has 1 fully saturated rings. The number of carbonyl (C=O) groups is 1. The third-order valence-corrected chi connectivity index (χ3v) is 4.75. The molecular formula is C22H25N3O2S. The molecule has 5 nitrogen and oxygen atoms in total. The average Bonchev–Trinajstić information content (AvgIpc) is 3.11. The van der Waals surface area contributed by atoms with Gasteiger partial charge in [-0.05, 0) is 54.0 Å². The van der Waals surface area contributed by atoms with E-state index in [1.54, 1.807) is 6.08 Å². The minimum Gasteiger partial charge on any atom is -0.490 e. The van der Waals surface area contributed by atoms with Gasteiger partial charge in [-0.15, -0.1) is 0 Å². The minimum absolute atomic E-state index is 0.252. The molecule has 146 valence electrons. The summed E-state index contributed by atoms with van der Waals surface area (Å²) in [5, 5.41) is 6.93. The zero-order valence-electron chi connectivity index (χ0n) is 15.8. The number of likely N-dealkylation sites (tertiary alicyclic amines) is 1. The van der Waals surface area contributed by atoms with Crippen LogP contribution in [0.5, 0.6) is 5.75 Å². The largest absolute Gasteiger partial charge is 0.490 e. The van der Waals surface area contributed by atoms with Crippen LogP contribution >= 0.6 is 12.2 Å². The number of hydrogen-bond acceptors (Lipinski definition) is 3. The van der Waals surface area contributed by atoms with Crippen LogP contribution in [0.25, 0.3) is 0 Å². The lowest BCUT2D eigenvalue weighted by Crippen LogP contribution is -2.27. The predicted octanol–water partition coefficient (Wildman–Crippen LogP) is 3.86. The van der Waals surface area contributed by atoms with Crippen LogP contribution in [-0.4, -0.2) is 29.1 Å². The van der Waals surface area contributed by atoms with E-state index in [0.29, 0.717) is 31.2 Å². The zero-order valence-corrected chi connectivity index (χ0v) is 16.6. The van der Waals surface area contributed by atoms with E-state index in [0.717, 1.165) is 35.5 Å². The molecule has 1 heterocycles. The number of ether oxygens (including phenoxy) is 1. The highest BCUT2D eigenvalue weighted by Crippen LogP contribution is 2.16. The van der Waals surface area contributed by atoms with Crippen molar-refractivity contribution >= 4 is 28.9 Å². The van der Waals surface area contributed by atoms with E-state index in [4.69, 9.17) is 17.0 Å². The average molecular weight is 396 g/mol. The van der Waals surface area contributed by atoms with Crippen molar-refractivity contribution in [2.45, 2.75) is 25.9 Å². The van der Waals surface area contributed by atoms with Gasteiger partial charge in [-0.1, -0.05) is 36.9 Å². The fourth-order valence-corrected chi connectivity index (χ4v) is 3.19. The molecule has 0 aliphatic carbocycles. The Hall–Kier alpha value is -2.86. The van der Waals surface area contributed by atoms with E-state index in [1.165, 1.54) is 0 Å². The summed E-state index contributed by atoms with van der Waals surface area (Å²) < 4.78 is 5.46. The summed E-state index contributed by atoms with van der Waals surface area (Å²) in [6.07, 6.45) is 3.36. The summed E-state index contributed by atoms with van der Waals surface area (Å²) in [4.78, 5) is 13.6. The van der Waals surface area contributed by atoms with Gasteiger partial charge in [0.25, 0.3) is 0 Å². The second-order valence-electron chi connectivity index (χ2n) is 6.67. The molecule has 1 aliphatic rings. The fourth-order valence-electron chi connectivity index (χ4n) is 3.00. The molecule has 0 saturated carbocycles. The van der Waals surface area contributed by atoms with Gasteiger partial charge in [0.1, 0.15) is 12.4 Å². The van der Waals surface area contributed by atoms with Gasteiger partial charge < -0.3 is 20.3 Å². The van der Waals surface area contributed by atoms with Crippen LogP contribution < -0.4 is 15.4 Å². The SMILES string of the molecule is C=CCOc1ccc(NC(=S)NCc2ccc(CN3CCCC3=O)cc2)cc1. The number of nitrogens with zero attached hydrogens (tertiary/aromatic N) is 1. The van der Waals surface area contributed by atoms with E-state index in [-0.39, 0.29) is 5.91 Å². The third kappa shape index (κ3) is 5.82. The second kappa shape index (κ2) is 9.90. The molecule has 2 N–H and O–H groups in total. The topological polar surface area (TPSA) is 53.6 Å². The van der Waals surface area contributed by atoms with E-state index < -0.39 is 0 Å². The van der Waals surface area contributed by atoms with Gasteiger partial charge in [0.05, 0.1) is 0 Å². The van der Waals surface area contributed by atoms with Crippen LogP contribution in [-0.2, 0) is 17.9 Å². The van der Waals surface area contributed by atoms with Crippen molar-refractivity contribution in [2.24, 2.45) is 0 Å². The minimum atomic E-state index is 0.252. The van der Waals surface area contributed by atoms with Gasteiger partial charge in [-0.3, -0.25) is 4.79 Å². The first-order chi connectivity index (χ1) is 13.6. The number of amides is 1. The number of hydrogen-bond donors (Lipinski definition) is 2. The highest BCUT2D eigenvalue weighted by molar-refractivity contribution is 7.80. The molecule has 28 heavy (non-hydrogen) atoms. The number of anilines is 1. The monoisotopic (exact) mass is 395 g/mol. The number of rotatable bonds is 8. The molecule has 2 aromatic carbocycles. The fraction of sp³-hybridized carbons (Fsp3) is 0.273. The number of nitrogens with one attached hydrogen (secondary N) is 2. The van der Waals surface area contributed by atoms with Gasteiger partial charge in [-0.25, -0.2) is 0 Å². The molecule has 0 atom stereocenters. The Morgan fingerprint density at radius 3 is 2.50 bits per heavy atom. The first-order valence-electron chi connectivity index (χ1n) is 9.38. The normalized spacial score (nSPS) is 13.3. The van der Waals surface area contributed by atoms with Crippen molar-refractivity contribution in [3.63, 3.8) is 0 Å². The number of benzene rings is 2. The maximum atomic E-state index is 11.7. The third-order valence-electron chi connectivity index (χ3n) is 4.50. The van der Waals surface area contributed by atoms with Crippen molar-refractivity contribution in [2.75, 3.05) is 18.5 Å². The summed E-state index contributed by atoms with van der Waals surface area (Å²) in [6.45, 7) is 6.31. The van der Waals surface area contributed by atoms with Gasteiger partial charge in [0.15, 0.2) is 5.11 Å². The predicted molar refractivity (Wildman–Crippen MR) is 116 cm³/mol. The zero-order chi connectivity index (χ0) is 19.8. The Bertz CT molecular complexity index is 819. The molecule has 0 aromatic heterocycles. The van der Waals surface area contributed by atoms with Crippen molar-refractivity contribution < 1.29 is 9.53 Å². The van der Waals surface area contributed by atoms with Crippen molar-refractivity contribution in [1.29, 1.82) is 0 Å². The molecule has 0 unspecified atom stereocenters. The smallest absolute Gasteiger partial charge is 0.222 e. The molecule has 0 radical (unpaired) electrons. The van der Waals surface area contributed by atoms with Crippen LogP contribution in [0.2, 0.25) is 0 Å². The molecule has 0 bridgehead atoms. The first-order valence-corrected chi connectivity index (χ1v) is 9.79. The van der Waals surface area contributed by atoms with E-state index in [2.05, 4.69) is 41.5 Å². The van der Waals surface area contributed by atoms with Gasteiger partial charge in [-0.2, -0.15) is 0 Å². The van der Waals surface area contributed by atoms with Crippen LogP contribution in [0.4, 0.5) is 5.69 Å². The second-order valence-corrected chi connectivity index (χ2v) is 7.08. The molecule has 1 amide bonds. The molecule has 0 spiro atoms. The first kappa shape index (κ1) is 19.9. The lowest BCUT2D eigenvalue weighted by Gasteiger charge is -2.16. The highest BCUT2D eigenvalue weighted by Gasteiger charge is 2.19. The van der Waals surface area contributed by atoms with Gasteiger partial charge in [0, 0.05) is 31.7 Å². The van der Waals surface area contributed by atoms with Gasteiger partial charge >= 0.3 is 0 Å². The molecule has 1 saturated heterocycles. The Kier molecular flexibility index (Phi) is 7.03. The molecular weight excluding hydrogens is 370 g/mol. The Morgan fingerprint density at radius 1 is 1.14 bits per heavy atom. The molecule has 3 rings (SSSR count). The van der Waals surface area contributed by atoms with Crippen LogP contribution in [0.15, 0.2) is 61.2 Å². The summed E-state index contributed by atoms with van der Waals surface area (Å²) in [5.41, 5.74) is 3.18. The molecule has 1 aliphatic heterocycles. The van der Waals surface area contributed by atoms with Crippen molar-refractivity contribution in [3.8, 4) is 5.75 Å². The number of carbonyl (C=O) groups excluding carboxylic acids is 1. The summed E-state index contributed by atoms with van der Waals surface area (Å²) in [7, 11) is 0. The van der Waals surface area contributed by atoms with E-state index in [1.807, 2.05) is 29.2 Å². The quantitative estimate of drug-likeness (QED) is 0.525. The highest BCUT2D eigenvalue weighted by atomic mass is 32.1.